The molecule has 4 aliphatic rings. The zero-order valence-corrected chi connectivity index (χ0v) is 74.9. The molecular weight excluding hydrogens is 1670 g/mol. The molecule has 0 bridgehead atoms. The Hall–Kier alpha value is -18.2. The SMILES string of the molecule is c1ccc(-c2cc(-c3ccc(-c4ccc5c(c4)N(c4ccccc4)c4cc6c(-c7ccccc7)nc7ccccc7c6cc4C54c5ccccc5-c5ccccc54)cc3)nc(-c3ccccc3)n2)cc1.c1ccc(-c2nc(-c3ccc(-c4cccc5c4N(c4ccccc4)c4cc6c(-c7ccccc7)nc7ccccc7c6cc4C54c5ccccc5-c5ccccc54)cc3)c3ccccc3n2)cc1. The van der Waals surface area contributed by atoms with Crippen LogP contribution in [-0.4, -0.2) is 29.9 Å². The number of benzene rings is 20. The normalized spacial score (nSPS) is 13.0. The third kappa shape index (κ3) is 12.5. The van der Waals surface area contributed by atoms with E-state index in [-0.39, 0.29) is 0 Å². The first-order valence-corrected chi connectivity index (χ1v) is 47.2. The molecule has 2 aliphatic carbocycles. The van der Waals surface area contributed by atoms with Gasteiger partial charge in [0.15, 0.2) is 11.6 Å². The van der Waals surface area contributed by atoms with Gasteiger partial charge in [0.1, 0.15) is 0 Å². The highest BCUT2D eigenvalue weighted by molar-refractivity contribution is 6.17. The fourth-order valence-electron chi connectivity index (χ4n) is 22.7. The van der Waals surface area contributed by atoms with Crippen molar-refractivity contribution in [2.75, 3.05) is 9.80 Å². The van der Waals surface area contributed by atoms with Gasteiger partial charge >= 0.3 is 0 Å². The van der Waals surface area contributed by atoms with Gasteiger partial charge in [-0.15, -0.1) is 0 Å². The van der Waals surface area contributed by atoms with Crippen molar-refractivity contribution in [3.05, 3.63) is 542 Å². The quantitative estimate of drug-likeness (QED) is 0.118. The molecule has 24 aromatic rings. The fourth-order valence-corrected chi connectivity index (χ4v) is 22.7. The van der Waals surface area contributed by atoms with E-state index in [0.717, 1.165) is 167 Å². The highest BCUT2D eigenvalue weighted by atomic mass is 15.2. The van der Waals surface area contributed by atoms with Crippen LogP contribution in [-0.2, 0) is 10.8 Å². The Morgan fingerprint density at radius 2 is 0.486 bits per heavy atom. The molecule has 28 rings (SSSR count). The van der Waals surface area contributed by atoms with Crippen LogP contribution in [0, 0.1) is 0 Å². The molecule has 0 amide bonds. The van der Waals surface area contributed by atoms with Crippen LogP contribution in [0.5, 0.6) is 0 Å². The minimum absolute atomic E-state index is 0.628. The second kappa shape index (κ2) is 32.3. The molecule has 0 saturated carbocycles. The molecule has 0 unspecified atom stereocenters. The molecular formula is C130H82N8. The van der Waals surface area contributed by atoms with Crippen LogP contribution in [0.3, 0.4) is 0 Å². The minimum atomic E-state index is -0.654. The zero-order valence-electron chi connectivity index (χ0n) is 74.9. The lowest BCUT2D eigenvalue weighted by Gasteiger charge is -2.46. The molecule has 138 heavy (non-hydrogen) atoms. The average Bonchev–Trinajstić information content (AvgIpc) is 1.45. The molecule has 0 fully saturated rings. The van der Waals surface area contributed by atoms with Crippen LogP contribution in [0.15, 0.2) is 497 Å². The monoisotopic (exact) mass is 1750 g/mol. The van der Waals surface area contributed by atoms with E-state index in [1.807, 2.05) is 48.5 Å². The number of fused-ring (bicyclic) bond motifs is 25. The molecule has 0 atom stereocenters. The summed E-state index contributed by atoms with van der Waals surface area (Å²) in [6, 6.07) is 180. The number of pyridine rings is 2. The summed E-state index contributed by atoms with van der Waals surface area (Å²) in [6.45, 7) is 0. The number of aromatic nitrogens is 6. The van der Waals surface area contributed by atoms with Crippen molar-refractivity contribution in [2.45, 2.75) is 10.8 Å². The molecule has 0 saturated heterocycles. The van der Waals surface area contributed by atoms with E-state index in [9.17, 15) is 0 Å². The molecule has 642 valence electrons. The number of para-hydroxylation sites is 6. The summed E-state index contributed by atoms with van der Waals surface area (Å²) in [6.07, 6.45) is 0. The lowest BCUT2D eigenvalue weighted by atomic mass is 9.63. The van der Waals surface area contributed by atoms with E-state index in [4.69, 9.17) is 29.9 Å². The molecule has 0 N–H and O–H groups in total. The van der Waals surface area contributed by atoms with Gasteiger partial charge in [-0.25, -0.2) is 29.9 Å². The third-order valence-corrected chi connectivity index (χ3v) is 28.7. The highest BCUT2D eigenvalue weighted by Gasteiger charge is 2.55. The van der Waals surface area contributed by atoms with Crippen molar-refractivity contribution in [1.29, 1.82) is 0 Å². The first kappa shape index (κ1) is 79.5. The van der Waals surface area contributed by atoms with Gasteiger partial charge in [0.2, 0.25) is 0 Å². The van der Waals surface area contributed by atoms with Gasteiger partial charge in [0.25, 0.3) is 0 Å². The Morgan fingerprint density at radius 1 is 0.159 bits per heavy atom. The topological polar surface area (TPSA) is 83.8 Å². The lowest BCUT2D eigenvalue weighted by Crippen LogP contribution is -2.36. The second-order valence-electron chi connectivity index (χ2n) is 36.1. The second-order valence-corrected chi connectivity index (χ2v) is 36.1. The van der Waals surface area contributed by atoms with Crippen LogP contribution in [0.4, 0.5) is 34.1 Å². The van der Waals surface area contributed by atoms with Crippen molar-refractivity contribution in [3.8, 4) is 124 Å². The van der Waals surface area contributed by atoms with E-state index in [2.05, 4.69) is 459 Å². The third-order valence-electron chi connectivity index (χ3n) is 28.7. The summed E-state index contributed by atoms with van der Waals surface area (Å²) in [5, 5.41) is 7.90. The van der Waals surface area contributed by atoms with E-state index < -0.39 is 10.8 Å². The van der Waals surface area contributed by atoms with Gasteiger partial charge in [0, 0.05) is 82.8 Å². The van der Waals surface area contributed by atoms with Gasteiger partial charge in [0.05, 0.1) is 78.6 Å². The van der Waals surface area contributed by atoms with E-state index in [1.54, 1.807) is 0 Å². The van der Waals surface area contributed by atoms with Crippen LogP contribution in [0.1, 0.15) is 44.5 Å². The molecule has 4 aromatic heterocycles. The molecule has 20 aromatic carbocycles. The first-order chi connectivity index (χ1) is 68.4. The number of anilines is 6. The van der Waals surface area contributed by atoms with Gasteiger partial charge in [-0.3, -0.25) is 0 Å². The number of hydrogen-bond acceptors (Lipinski definition) is 8. The van der Waals surface area contributed by atoms with Crippen molar-refractivity contribution in [2.24, 2.45) is 0 Å². The summed E-state index contributed by atoms with van der Waals surface area (Å²) in [5.41, 5.74) is 39.9. The minimum Gasteiger partial charge on any atom is -0.310 e. The van der Waals surface area contributed by atoms with Gasteiger partial charge < -0.3 is 9.80 Å². The Balaban J connectivity index is 0.000000139. The highest BCUT2D eigenvalue weighted by Crippen LogP contribution is 2.68. The van der Waals surface area contributed by atoms with Gasteiger partial charge in [-0.2, -0.15) is 0 Å². The van der Waals surface area contributed by atoms with Gasteiger partial charge in [-0.1, -0.05) is 419 Å². The Bertz CT molecular complexity index is 8840. The molecule has 2 aliphatic heterocycles. The molecule has 0 radical (unpaired) electrons. The maximum Gasteiger partial charge on any atom is 0.160 e. The molecule has 8 nitrogen and oxygen atoms in total. The van der Waals surface area contributed by atoms with Crippen LogP contribution in [0.25, 0.3) is 178 Å². The molecule has 2 spiro atoms. The standard InChI is InChI=1S/C66H42N4.C64H40N4/c1-5-19-44(20-6-1)60-42-61(69-65(68-60)47-23-9-3-10-24-47)45-35-33-43(34-36-45)48-37-38-57-62(39-48)70(49-25-11-4-12-26-49)63-41-54-53(52-29-15-18-32-59(52)67-64(54)46-21-7-2-8-22-46)40-58(63)66(57)55-30-16-13-27-50(55)51-28-14-17-31-56(51)66;1-4-19-42(20-5-1)61-52-40-59-56(39-51(52)49-27-12-16-33-57(49)65-61)64(53-30-14-10-25-47(53)48-26-11-15-31-54(48)64)55-32-18-29-46(62(55)68(59)45-23-8-3-9-24-45)41-35-37-43(38-36-41)60-50-28-13-17-34-58(50)66-63(67-60)44-21-6-2-7-22-44/h1-42H;1-40H. The summed E-state index contributed by atoms with van der Waals surface area (Å²) in [4.78, 5) is 36.3. The summed E-state index contributed by atoms with van der Waals surface area (Å²) in [5.74, 6) is 1.42. The van der Waals surface area contributed by atoms with E-state index in [0.29, 0.717) is 11.6 Å². The number of nitrogens with zero attached hydrogens (tertiary/aromatic N) is 8. The van der Waals surface area contributed by atoms with Crippen molar-refractivity contribution in [1.82, 2.24) is 29.9 Å². The van der Waals surface area contributed by atoms with Crippen molar-refractivity contribution < 1.29 is 0 Å². The first-order valence-electron chi connectivity index (χ1n) is 47.2. The summed E-state index contributed by atoms with van der Waals surface area (Å²) >= 11 is 0. The van der Waals surface area contributed by atoms with Crippen molar-refractivity contribution >= 4 is 88.4 Å². The number of hydrogen-bond donors (Lipinski definition) is 0. The maximum absolute atomic E-state index is 5.44. The molecule has 6 heterocycles. The van der Waals surface area contributed by atoms with Crippen LogP contribution in [0.2, 0.25) is 0 Å². The van der Waals surface area contributed by atoms with Gasteiger partial charge in [-0.05, 0) is 173 Å². The maximum atomic E-state index is 5.44. The summed E-state index contributed by atoms with van der Waals surface area (Å²) < 4.78 is 0. The fraction of sp³-hybridized carbons (Fsp3) is 0.0154. The van der Waals surface area contributed by atoms with Crippen LogP contribution < -0.4 is 9.80 Å². The van der Waals surface area contributed by atoms with Crippen LogP contribution >= 0.6 is 0 Å². The Morgan fingerprint density at radius 3 is 0.978 bits per heavy atom. The Kier molecular flexibility index (Phi) is 18.6. The van der Waals surface area contributed by atoms with E-state index >= 15 is 0 Å². The largest absolute Gasteiger partial charge is 0.310 e. The number of rotatable bonds is 11. The molecule has 8 heteroatoms. The smallest absolute Gasteiger partial charge is 0.160 e. The predicted octanol–water partition coefficient (Wildman–Crippen LogP) is 32.8. The average molecular weight is 1760 g/mol. The Labute approximate surface area is 798 Å². The zero-order chi connectivity index (χ0) is 90.9. The van der Waals surface area contributed by atoms with Crippen molar-refractivity contribution in [3.63, 3.8) is 0 Å². The van der Waals surface area contributed by atoms with E-state index in [1.165, 1.54) is 77.5 Å². The lowest BCUT2D eigenvalue weighted by molar-refractivity contribution is 0.754. The predicted molar refractivity (Wildman–Crippen MR) is 567 cm³/mol. The summed E-state index contributed by atoms with van der Waals surface area (Å²) in [7, 11) is 0.